The lowest BCUT2D eigenvalue weighted by atomic mass is 9.96. The second-order valence-electron chi connectivity index (χ2n) is 5.25. The van der Waals surface area contributed by atoms with Gasteiger partial charge in [0, 0.05) is 36.9 Å². The first-order chi connectivity index (χ1) is 9.60. The summed E-state index contributed by atoms with van der Waals surface area (Å²) in [6, 6.07) is 1.97. The van der Waals surface area contributed by atoms with Crippen LogP contribution in [0.4, 0.5) is 5.95 Å². The molecule has 1 amide bonds. The van der Waals surface area contributed by atoms with Crippen molar-refractivity contribution in [2.75, 3.05) is 24.5 Å². The van der Waals surface area contributed by atoms with E-state index in [9.17, 15) is 4.79 Å². The minimum Gasteiger partial charge on any atom is -0.352 e. The van der Waals surface area contributed by atoms with E-state index in [4.69, 9.17) is 0 Å². The molecule has 1 aliphatic rings. The van der Waals surface area contributed by atoms with Gasteiger partial charge in [0.15, 0.2) is 0 Å². The molecule has 1 aromatic rings. The summed E-state index contributed by atoms with van der Waals surface area (Å²) in [5.74, 6) is 1.01. The first kappa shape index (κ1) is 14.5. The van der Waals surface area contributed by atoms with Crippen LogP contribution >= 0.6 is 0 Å². The van der Waals surface area contributed by atoms with Crippen molar-refractivity contribution in [2.24, 2.45) is 5.92 Å². The second-order valence-corrected chi connectivity index (χ2v) is 5.25. The van der Waals surface area contributed by atoms with Gasteiger partial charge in [-0.1, -0.05) is 6.08 Å². The fraction of sp³-hybridized carbons (Fsp3) is 0.533. The number of piperidine rings is 1. The van der Waals surface area contributed by atoms with Crippen molar-refractivity contribution >= 4 is 11.9 Å². The zero-order valence-corrected chi connectivity index (χ0v) is 12.2. The number of carbonyl (C=O) groups is 1. The molecule has 1 N–H and O–H groups in total. The number of rotatable bonds is 4. The number of amides is 1. The zero-order valence-electron chi connectivity index (χ0n) is 12.2. The van der Waals surface area contributed by atoms with E-state index in [0.29, 0.717) is 6.54 Å². The fourth-order valence-corrected chi connectivity index (χ4v) is 2.51. The first-order valence-electron chi connectivity index (χ1n) is 7.06. The Hall–Kier alpha value is -1.91. The number of carbonyl (C=O) groups excluding carboxylic acids is 1. The maximum Gasteiger partial charge on any atom is 0.225 e. The van der Waals surface area contributed by atoms with Crippen molar-refractivity contribution in [3.8, 4) is 0 Å². The lowest BCUT2D eigenvalue weighted by Crippen LogP contribution is -2.41. The number of aromatic nitrogens is 2. The molecule has 2 rings (SSSR count). The number of anilines is 1. The molecule has 1 aromatic heterocycles. The molecule has 20 heavy (non-hydrogen) atoms. The van der Waals surface area contributed by atoms with Crippen LogP contribution in [0.5, 0.6) is 0 Å². The lowest BCUT2D eigenvalue weighted by Gasteiger charge is -2.31. The molecule has 0 aromatic carbocycles. The summed E-state index contributed by atoms with van der Waals surface area (Å²) in [6.45, 7) is 9.76. The minimum absolute atomic E-state index is 0.0945. The summed E-state index contributed by atoms with van der Waals surface area (Å²) < 4.78 is 0. The predicted molar refractivity (Wildman–Crippen MR) is 79.6 cm³/mol. The van der Waals surface area contributed by atoms with Crippen molar-refractivity contribution in [3.05, 3.63) is 30.1 Å². The second kappa shape index (κ2) is 6.50. The van der Waals surface area contributed by atoms with Crippen molar-refractivity contribution in [1.82, 2.24) is 15.3 Å². The third-order valence-corrected chi connectivity index (χ3v) is 3.54. The third-order valence-electron chi connectivity index (χ3n) is 3.54. The Morgan fingerprint density at radius 3 is 2.55 bits per heavy atom. The smallest absolute Gasteiger partial charge is 0.225 e. The van der Waals surface area contributed by atoms with E-state index >= 15 is 0 Å². The van der Waals surface area contributed by atoms with Gasteiger partial charge in [0.1, 0.15) is 0 Å². The topological polar surface area (TPSA) is 58.1 Å². The highest BCUT2D eigenvalue weighted by Gasteiger charge is 2.25. The van der Waals surface area contributed by atoms with E-state index in [-0.39, 0.29) is 11.8 Å². The molecule has 0 atom stereocenters. The van der Waals surface area contributed by atoms with E-state index in [1.54, 1.807) is 6.08 Å². The van der Waals surface area contributed by atoms with Crippen molar-refractivity contribution in [2.45, 2.75) is 26.7 Å². The van der Waals surface area contributed by atoms with Gasteiger partial charge in [-0.05, 0) is 32.8 Å². The minimum atomic E-state index is 0.0945. The quantitative estimate of drug-likeness (QED) is 0.848. The van der Waals surface area contributed by atoms with Gasteiger partial charge in [-0.3, -0.25) is 4.79 Å². The van der Waals surface area contributed by atoms with Crippen LogP contribution in [0.25, 0.3) is 0 Å². The highest BCUT2D eigenvalue weighted by molar-refractivity contribution is 5.79. The number of aryl methyl sites for hydroxylation is 2. The standard InChI is InChI=1S/C15H22N4O/c1-4-7-16-14(20)13-5-8-19(9-6-13)15-17-11(2)10-12(3)18-15/h4,10,13H,1,5-9H2,2-3H3,(H,16,20). The van der Waals surface area contributed by atoms with Crippen LogP contribution in [-0.2, 0) is 4.79 Å². The van der Waals surface area contributed by atoms with Gasteiger partial charge in [0.05, 0.1) is 0 Å². The molecule has 0 saturated carbocycles. The molecular weight excluding hydrogens is 252 g/mol. The van der Waals surface area contributed by atoms with Crippen LogP contribution in [0, 0.1) is 19.8 Å². The largest absolute Gasteiger partial charge is 0.352 e. The maximum atomic E-state index is 11.9. The number of hydrogen-bond acceptors (Lipinski definition) is 4. The molecule has 5 nitrogen and oxygen atoms in total. The summed E-state index contributed by atoms with van der Waals surface area (Å²) in [4.78, 5) is 23.0. The van der Waals surface area contributed by atoms with Gasteiger partial charge in [-0.15, -0.1) is 6.58 Å². The zero-order chi connectivity index (χ0) is 14.5. The maximum absolute atomic E-state index is 11.9. The van der Waals surface area contributed by atoms with E-state index in [2.05, 4.69) is 26.8 Å². The summed E-state index contributed by atoms with van der Waals surface area (Å²) >= 11 is 0. The molecule has 0 spiro atoms. The Bertz CT molecular complexity index is 472. The Morgan fingerprint density at radius 2 is 2.00 bits per heavy atom. The van der Waals surface area contributed by atoms with Crippen molar-refractivity contribution in [3.63, 3.8) is 0 Å². The van der Waals surface area contributed by atoms with E-state index in [1.807, 2.05) is 19.9 Å². The Labute approximate surface area is 120 Å². The SMILES string of the molecule is C=CCNC(=O)C1CCN(c2nc(C)cc(C)n2)CC1. The molecular formula is C15H22N4O. The molecule has 0 unspecified atom stereocenters. The fourth-order valence-electron chi connectivity index (χ4n) is 2.51. The van der Waals surface area contributed by atoms with Gasteiger partial charge < -0.3 is 10.2 Å². The normalized spacial score (nSPS) is 16.0. The van der Waals surface area contributed by atoms with E-state index < -0.39 is 0 Å². The molecule has 2 heterocycles. The molecule has 108 valence electrons. The van der Waals surface area contributed by atoms with E-state index in [1.165, 1.54) is 0 Å². The van der Waals surface area contributed by atoms with Crippen LogP contribution in [0.3, 0.4) is 0 Å². The third kappa shape index (κ3) is 3.56. The molecule has 1 fully saturated rings. The number of hydrogen-bond donors (Lipinski definition) is 1. The number of nitrogens with zero attached hydrogens (tertiary/aromatic N) is 3. The molecule has 0 aliphatic carbocycles. The van der Waals surface area contributed by atoms with Crippen LogP contribution < -0.4 is 10.2 Å². The first-order valence-corrected chi connectivity index (χ1v) is 7.06. The van der Waals surface area contributed by atoms with Gasteiger partial charge in [0.2, 0.25) is 11.9 Å². The molecule has 0 radical (unpaired) electrons. The van der Waals surface area contributed by atoms with Crippen LogP contribution in [0.15, 0.2) is 18.7 Å². The summed E-state index contributed by atoms with van der Waals surface area (Å²) in [7, 11) is 0. The van der Waals surface area contributed by atoms with Crippen LogP contribution in [-0.4, -0.2) is 35.5 Å². The highest BCUT2D eigenvalue weighted by atomic mass is 16.1. The summed E-state index contributed by atoms with van der Waals surface area (Å²) in [5, 5.41) is 2.87. The average Bonchev–Trinajstić information content (AvgIpc) is 2.44. The van der Waals surface area contributed by atoms with Gasteiger partial charge >= 0.3 is 0 Å². The predicted octanol–water partition coefficient (Wildman–Crippen LogP) is 1.61. The van der Waals surface area contributed by atoms with E-state index in [0.717, 1.165) is 43.3 Å². The van der Waals surface area contributed by atoms with Gasteiger partial charge in [-0.2, -0.15) is 0 Å². The summed E-state index contributed by atoms with van der Waals surface area (Å²) in [6.07, 6.45) is 3.40. The van der Waals surface area contributed by atoms with Crippen LogP contribution in [0.1, 0.15) is 24.2 Å². The molecule has 5 heteroatoms. The highest BCUT2D eigenvalue weighted by Crippen LogP contribution is 2.21. The van der Waals surface area contributed by atoms with Crippen LogP contribution in [0.2, 0.25) is 0 Å². The molecule has 1 saturated heterocycles. The van der Waals surface area contributed by atoms with Gasteiger partial charge in [-0.25, -0.2) is 9.97 Å². The van der Waals surface area contributed by atoms with Crippen molar-refractivity contribution < 1.29 is 4.79 Å². The molecule has 0 bridgehead atoms. The monoisotopic (exact) mass is 274 g/mol. The summed E-state index contributed by atoms with van der Waals surface area (Å²) in [5.41, 5.74) is 1.97. The van der Waals surface area contributed by atoms with Crippen molar-refractivity contribution in [1.29, 1.82) is 0 Å². The Morgan fingerprint density at radius 1 is 1.40 bits per heavy atom. The Balaban J connectivity index is 1.93. The molecule has 1 aliphatic heterocycles. The number of nitrogens with one attached hydrogen (secondary N) is 1. The Kier molecular flexibility index (Phi) is 4.71. The lowest BCUT2D eigenvalue weighted by molar-refractivity contribution is -0.125. The average molecular weight is 274 g/mol. The van der Waals surface area contributed by atoms with Gasteiger partial charge in [0.25, 0.3) is 0 Å².